The Balaban J connectivity index is -0.000000522. The molecule has 15 nitrogen and oxygen atoms in total. The van der Waals surface area contributed by atoms with Crippen molar-refractivity contribution in [2.24, 2.45) is 5.73 Å². The zero-order valence-electron chi connectivity index (χ0n) is 22.1. The molecule has 0 saturated carbocycles. The van der Waals surface area contributed by atoms with Crippen molar-refractivity contribution in [1.29, 1.82) is 4.20 Å². The molecular weight excluding hydrogens is 531 g/mol. The van der Waals surface area contributed by atoms with Crippen LogP contribution in [-0.4, -0.2) is 62.6 Å². The molecule has 0 fully saturated rings. The van der Waals surface area contributed by atoms with Crippen LogP contribution in [-0.2, 0) is 17.2 Å². The van der Waals surface area contributed by atoms with Gasteiger partial charge in [-0.3, -0.25) is 25.0 Å². The van der Waals surface area contributed by atoms with Gasteiger partial charge >= 0.3 is 22.8 Å². The summed E-state index contributed by atoms with van der Waals surface area (Å²) in [4.78, 5) is 33.4. The number of nitrogens with two attached hydrogens (primary N) is 1. The molecule has 0 heterocycles. The number of nitrogens with one attached hydrogen (secondary N) is 1. The fourth-order valence-electron chi connectivity index (χ4n) is 2.34. The largest absolute Gasteiger partial charge is 0.346 e. The first-order chi connectivity index (χ1) is 18.2. The van der Waals surface area contributed by atoms with Crippen molar-refractivity contribution in [2.75, 3.05) is 35.5 Å². The van der Waals surface area contributed by atoms with E-state index in [1.165, 1.54) is 53.7 Å². The van der Waals surface area contributed by atoms with E-state index in [-0.39, 0.29) is 39.8 Å². The Hall–Kier alpha value is -4.17. The first-order valence-electron chi connectivity index (χ1n) is 10.1. The number of nitro benzene ring substituents is 2. The molecule has 0 aromatic heterocycles. The summed E-state index contributed by atoms with van der Waals surface area (Å²) in [7, 11) is 7.03. The number of nitro groups is 2. The summed E-state index contributed by atoms with van der Waals surface area (Å²) < 4.78 is 28.2. The summed E-state index contributed by atoms with van der Waals surface area (Å²) in [5.74, 6) is 1.06. The number of aldehydes is 1. The maximum Gasteiger partial charge on any atom is -0.194 e. The maximum atomic E-state index is 10.7. The van der Waals surface area contributed by atoms with Gasteiger partial charge in [0.1, 0.15) is 5.56 Å². The fraction of sp³-hybridized carbons (Fsp3) is 0.286. The van der Waals surface area contributed by atoms with Gasteiger partial charge in [0.05, 0.1) is 56.0 Å². The third kappa shape index (κ3) is 11.9. The minimum atomic E-state index is -0.647. The van der Waals surface area contributed by atoms with Gasteiger partial charge in [-0.1, -0.05) is 0 Å². The Morgan fingerprint density at radius 2 is 1.22 bits per heavy atom. The van der Waals surface area contributed by atoms with Crippen molar-refractivity contribution < 1.29 is 57.0 Å². The number of methoxy groups -OCH3 is 4. The normalized spacial score (nSPS) is 8.46. The van der Waals surface area contributed by atoms with E-state index in [9.17, 15) is 25.0 Å². The number of carbonyl (C=O) groups is 1. The third-order valence-corrected chi connectivity index (χ3v) is 3.78. The molecule has 0 saturated heterocycles. The number of carbonyl (C=O) groups excluding carboxylic acids is 1. The minimum Gasteiger partial charge on any atom is -0.346 e. The molecule has 0 spiro atoms. The standard InChI is InChI=1S/C9H9N3O4.C9H9NO5.C2H5.CH5N.HN.V/c1-15-8-3-6(5-11-10)7(12(13)14)4-9(8)16-2;1-14-8-3-6(5-11)7(10(12)13)4-9(8)15-2;2*1-2;;/h3-5H,1-2H3;3-5H,1-2H3;1H2,2H3;2H2,1H3;1H;/q;;-1;;;/i;;;;1D;. The van der Waals surface area contributed by atoms with E-state index in [0.717, 1.165) is 12.3 Å². The Morgan fingerprint density at radius 1 is 0.919 bits per heavy atom. The van der Waals surface area contributed by atoms with Crippen molar-refractivity contribution in [3.63, 3.8) is 0 Å². The molecule has 0 amide bonds. The number of hydrogen-bond acceptors (Lipinski definition) is 11. The van der Waals surface area contributed by atoms with Crippen LogP contribution in [0.25, 0.3) is 5.53 Å². The van der Waals surface area contributed by atoms with E-state index in [2.05, 4.69) is 21.6 Å². The molecule has 2 rings (SSSR count). The van der Waals surface area contributed by atoms with Gasteiger partial charge < -0.3 is 37.1 Å². The molecule has 0 radical (unpaired) electrons. The Bertz CT molecular complexity index is 1070. The van der Waals surface area contributed by atoms with Gasteiger partial charge in [-0.2, -0.15) is 11.7 Å². The molecule has 16 heteroatoms. The van der Waals surface area contributed by atoms with Crippen LogP contribution in [0.5, 0.6) is 23.0 Å². The number of rotatable bonds is 8. The summed E-state index contributed by atoms with van der Waals surface area (Å²) in [6.45, 7) is 5.00. The van der Waals surface area contributed by atoms with Gasteiger partial charge in [0.25, 0.3) is 17.6 Å². The van der Waals surface area contributed by atoms with Gasteiger partial charge in [0.2, 0.25) is 0 Å². The first-order valence-corrected chi connectivity index (χ1v) is 10.3. The van der Waals surface area contributed by atoms with Gasteiger partial charge in [-0.25, -0.2) is 0 Å². The molecule has 0 atom stereocenters. The SMILES string of the molecule is CN.COc1cc(C=O)c([N+](=O)[O-])cc1OC.COc1cc(C=[N+]=[N-])c([N+](=O)[O-])cc1OC.[2H][N]=[V].[CH2-]C. The Morgan fingerprint density at radius 3 is 1.49 bits per heavy atom. The first kappa shape index (κ1) is 35.0. The van der Waals surface area contributed by atoms with Crippen LogP contribution in [0.2, 0.25) is 1.41 Å². The third-order valence-electron chi connectivity index (χ3n) is 3.78. The number of ether oxygens (including phenoxy) is 4. The smallest absolute Gasteiger partial charge is 0.194 e. The molecule has 203 valence electrons. The zero-order chi connectivity index (χ0) is 30.3. The van der Waals surface area contributed by atoms with Crippen molar-refractivity contribution in [1.82, 2.24) is 0 Å². The van der Waals surface area contributed by atoms with Crippen LogP contribution >= 0.6 is 0 Å². The summed E-state index contributed by atoms with van der Waals surface area (Å²) >= 11 is 1.76. The molecule has 0 aliphatic carbocycles. The van der Waals surface area contributed by atoms with Crippen LogP contribution in [0.4, 0.5) is 11.4 Å². The Kier molecular flexibility index (Phi) is 21.1. The van der Waals surface area contributed by atoms with Gasteiger partial charge in [0.15, 0.2) is 29.3 Å². The molecule has 2 aromatic carbocycles. The summed E-state index contributed by atoms with van der Waals surface area (Å²) in [5, 5.41) is 21.3. The molecule has 2 aromatic rings. The quantitative estimate of drug-likeness (QED) is 0.0907. The molecule has 3 N–H and O–H groups in total. The van der Waals surface area contributed by atoms with E-state index >= 15 is 0 Å². The topological polar surface area (TPSA) is 227 Å². The average molecular weight is 561 g/mol. The van der Waals surface area contributed by atoms with Crippen molar-refractivity contribution in [3.05, 3.63) is 68.1 Å². The predicted molar refractivity (Wildman–Crippen MR) is 130 cm³/mol. The summed E-state index contributed by atoms with van der Waals surface area (Å²) in [6, 6.07) is 4.99. The summed E-state index contributed by atoms with van der Waals surface area (Å²) in [5.41, 5.74) is 12.4. The maximum absolute atomic E-state index is 10.7. The zero-order valence-corrected chi connectivity index (χ0v) is 22.5. The summed E-state index contributed by atoms with van der Waals surface area (Å²) in [6.07, 6.45) is 1.36. The molecule has 0 aliphatic heterocycles. The van der Waals surface area contributed by atoms with Gasteiger partial charge in [-0.05, 0) is 7.05 Å². The van der Waals surface area contributed by atoms with Crippen molar-refractivity contribution in [2.45, 2.75) is 6.92 Å². The van der Waals surface area contributed by atoms with E-state index in [4.69, 9.17) is 25.9 Å². The van der Waals surface area contributed by atoms with E-state index < -0.39 is 9.85 Å². The van der Waals surface area contributed by atoms with Crippen LogP contribution < -0.4 is 24.7 Å². The monoisotopic (exact) mass is 561 g/mol. The Labute approximate surface area is 224 Å². The average Bonchev–Trinajstić information content (AvgIpc) is 2.94. The number of nitrogens with zero attached hydrogens (tertiary/aromatic N) is 4. The van der Waals surface area contributed by atoms with Crippen LogP contribution in [0, 0.1) is 31.4 Å². The van der Waals surface area contributed by atoms with E-state index in [0.29, 0.717) is 12.0 Å². The second kappa shape index (κ2) is 22.3. The van der Waals surface area contributed by atoms with Crippen LogP contribution in [0.3, 0.4) is 0 Å². The van der Waals surface area contributed by atoms with Crippen molar-refractivity contribution in [3.8, 4) is 23.0 Å². The molecule has 0 aliphatic rings. The molecule has 0 unspecified atom stereocenters. The predicted octanol–water partition coefficient (Wildman–Crippen LogP) is 3.40. The van der Waals surface area contributed by atoms with Crippen LogP contribution in [0.15, 0.2) is 24.3 Å². The van der Waals surface area contributed by atoms with Crippen molar-refractivity contribution >= 4 is 23.9 Å². The molecule has 37 heavy (non-hydrogen) atoms. The van der Waals surface area contributed by atoms with Crippen LogP contribution in [0.1, 0.15) is 22.8 Å². The second-order valence-corrected chi connectivity index (χ2v) is 5.41. The molecular formula is C21H29N6O9V-. The fourth-order valence-corrected chi connectivity index (χ4v) is 2.34. The molecule has 0 bridgehead atoms. The number of hydrogen-bond donors (Lipinski definition) is 2. The van der Waals surface area contributed by atoms with E-state index in [1.807, 2.05) is 0 Å². The number of benzene rings is 2. The minimum absolute atomic E-state index is 0.0438. The van der Waals surface area contributed by atoms with Gasteiger partial charge in [0, 0.05) is 12.1 Å². The van der Waals surface area contributed by atoms with E-state index in [1.54, 1.807) is 24.2 Å². The van der Waals surface area contributed by atoms with Gasteiger partial charge in [-0.15, -0.1) is 0 Å². The second-order valence-electron chi connectivity index (χ2n) is 5.41.